The van der Waals surface area contributed by atoms with Gasteiger partial charge in [-0.25, -0.2) is 14.8 Å². The van der Waals surface area contributed by atoms with Gasteiger partial charge in [-0.3, -0.25) is 19.3 Å². The van der Waals surface area contributed by atoms with Gasteiger partial charge >= 0.3 is 6.09 Å². The Morgan fingerprint density at radius 2 is 1.84 bits per heavy atom. The highest BCUT2D eigenvalue weighted by Gasteiger charge is 2.35. The molecular weight excluding hydrogens is 580 g/mol. The van der Waals surface area contributed by atoms with Crippen LogP contribution >= 0.6 is 11.6 Å². The highest BCUT2D eigenvalue weighted by Crippen LogP contribution is 2.35. The number of nitrogens with zero attached hydrogens (tertiary/aromatic N) is 4. The fraction of sp³-hybridized carbons (Fsp3) is 0.448. The van der Waals surface area contributed by atoms with Crippen LogP contribution in [0.25, 0.3) is 11.1 Å². The molecule has 4 amide bonds. The molecule has 2 fully saturated rings. The molecule has 5 rings (SSSR count). The number of hydrogen-bond acceptors (Lipinski definition) is 8. The summed E-state index contributed by atoms with van der Waals surface area (Å²) in [5.74, 6) is -1.33. The summed E-state index contributed by atoms with van der Waals surface area (Å²) in [6, 6.07) is 6.12. The predicted octanol–water partition coefficient (Wildman–Crippen LogP) is 4.77. The number of nitrogens with one attached hydrogen (secondary N) is 2. The second kappa shape index (κ2) is 12.2. The van der Waals surface area contributed by atoms with Crippen molar-refractivity contribution in [2.75, 3.05) is 35.3 Å². The Hall–Kier alpha value is -4.23. The SMILES string of the molecule is CC(C)(C)N(C(=O)O)c1ccc2oc(C(=O)Nc3ccc(Cl)cn3)c(NC(=O)[C@H]3CC[C@H](N4CCOCC4=O)CC3)c2n1. The van der Waals surface area contributed by atoms with Crippen LogP contribution in [0.4, 0.5) is 22.1 Å². The summed E-state index contributed by atoms with van der Waals surface area (Å²) in [6.07, 6.45) is 2.57. The van der Waals surface area contributed by atoms with Gasteiger partial charge in [0.1, 0.15) is 29.4 Å². The molecule has 228 valence electrons. The number of hydrogen-bond donors (Lipinski definition) is 3. The van der Waals surface area contributed by atoms with Crippen molar-refractivity contribution in [2.45, 2.75) is 58.0 Å². The minimum absolute atomic E-state index is 0.0260. The number of morpholine rings is 1. The molecule has 1 aliphatic carbocycles. The van der Waals surface area contributed by atoms with E-state index in [1.54, 1.807) is 26.8 Å². The summed E-state index contributed by atoms with van der Waals surface area (Å²) < 4.78 is 11.1. The Labute approximate surface area is 252 Å². The van der Waals surface area contributed by atoms with Gasteiger partial charge in [0, 0.05) is 30.2 Å². The third-order valence-electron chi connectivity index (χ3n) is 7.56. The van der Waals surface area contributed by atoms with Crippen molar-refractivity contribution in [1.29, 1.82) is 0 Å². The molecule has 1 aliphatic heterocycles. The van der Waals surface area contributed by atoms with E-state index in [1.165, 1.54) is 24.4 Å². The summed E-state index contributed by atoms with van der Waals surface area (Å²) in [6.45, 7) is 6.29. The minimum atomic E-state index is -1.21. The molecule has 14 heteroatoms. The molecule has 0 spiro atoms. The number of carbonyl (C=O) groups excluding carboxylic acids is 3. The number of ether oxygens (including phenoxy) is 1. The van der Waals surface area contributed by atoms with Crippen molar-refractivity contribution >= 4 is 63.8 Å². The second-order valence-corrected chi connectivity index (χ2v) is 12.0. The maximum atomic E-state index is 13.6. The molecular formula is C29H33ClN6O7. The van der Waals surface area contributed by atoms with E-state index in [-0.39, 0.29) is 64.6 Å². The molecule has 0 radical (unpaired) electrons. The first-order chi connectivity index (χ1) is 20.4. The Morgan fingerprint density at radius 3 is 2.47 bits per heavy atom. The predicted molar refractivity (Wildman–Crippen MR) is 158 cm³/mol. The van der Waals surface area contributed by atoms with Gasteiger partial charge in [-0.05, 0) is 70.7 Å². The molecule has 0 atom stereocenters. The standard InChI is InChI=1S/C29H33ClN6O7/c1-29(2,3)36(28(40)41)21-11-9-19-23(33-21)24(25(43-19)27(39)32-20-10-6-17(30)14-31-20)34-26(38)16-4-7-18(8-5-16)35-12-13-42-15-22(35)37/h6,9-11,14,16,18H,4-5,7-8,12-13,15H2,1-3H3,(H,34,38)(H,40,41)(H,31,32,39)/t16-,18-. The lowest BCUT2D eigenvalue weighted by atomic mass is 9.84. The minimum Gasteiger partial charge on any atom is -0.465 e. The molecule has 0 bridgehead atoms. The van der Waals surface area contributed by atoms with Gasteiger partial charge in [-0.2, -0.15) is 0 Å². The lowest BCUT2D eigenvalue weighted by Crippen LogP contribution is -2.49. The number of carbonyl (C=O) groups is 4. The van der Waals surface area contributed by atoms with Crippen molar-refractivity contribution in [3.8, 4) is 0 Å². The largest absolute Gasteiger partial charge is 0.465 e. The van der Waals surface area contributed by atoms with E-state index in [0.717, 1.165) is 4.90 Å². The van der Waals surface area contributed by atoms with Crippen LogP contribution in [-0.4, -0.2) is 75.1 Å². The highest BCUT2D eigenvalue weighted by molar-refractivity contribution is 6.30. The smallest absolute Gasteiger partial charge is 0.413 e. The number of amides is 4. The quantitative estimate of drug-likeness (QED) is 0.355. The van der Waals surface area contributed by atoms with E-state index in [9.17, 15) is 24.3 Å². The number of aromatic nitrogens is 2. The fourth-order valence-electron chi connectivity index (χ4n) is 5.51. The lowest BCUT2D eigenvalue weighted by molar-refractivity contribution is -0.146. The Morgan fingerprint density at radius 1 is 1.09 bits per heavy atom. The number of furan rings is 1. The van der Waals surface area contributed by atoms with Gasteiger partial charge in [0.05, 0.1) is 11.6 Å². The summed E-state index contributed by atoms with van der Waals surface area (Å²) >= 11 is 5.91. The van der Waals surface area contributed by atoms with Crippen LogP contribution in [0.15, 0.2) is 34.9 Å². The first-order valence-electron chi connectivity index (χ1n) is 14.0. The van der Waals surface area contributed by atoms with E-state index in [4.69, 9.17) is 20.8 Å². The van der Waals surface area contributed by atoms with Crippen molar-refractivity contribution in [2.24, 2.45) is 5.92 Å². The molecule has 0 unspecified atom stereocenters. The van der Waals surface area contributed by atoms with Crippen molar-refractivity contribution in [3.05, 3.63) is 41.2 Å². The number of carboxylic acid groups (broad SMARTS) is 1. The van der Waals surface area contributed by atoms with Gasteiger partial charge in [-0.1, -0.05) is 11.6 Å². The molecule has 3 aromatic rings. The van der Waals surface area contributed by atoms with Crippen LogP contribution < -0.4 is 15.5 Å². The zero-order valence-corrected chi connectivity index (χ0v) is 24.8. The average Bonchev–Trinajstić information content (AvgIpc) is 3.31. The van der Waals surface area contributed by atoms with E-state index < -0.39 is 17.5 Å². The average molecular weight is 613 g/mol. The molecule has 2 aliphatic rings. The Kier molecular flexibility index (Phi) is 8.56. The molecule has 3 N–H and O–H groups in total. The third kappa shape index (κ3) is 6.57. The summed E-state index contributed by atoms with van der Waals surface area (Å²) in [5.41, 5.74) is -0.496. The molecule has 1 saturated carbocycles. The van der Waals surface area contributed by atoms with Gasteiger partial charge in [0.15, 0.2) is 5.58 Å². The van der Waals surface area contributed by atoms with Crippen molar-refractivity contribution in [3.63, 3.8) is 0 Å². The van der Waals surface area contributed by atoms with Gasteiger partial charge < -0.3 is 29.8 Å². The molecule has 43 heavy (non-hydrogen) atoms. The van der Waals surface area contributed by atoms with E-state index in [1.807, 2.05) is 4.90 Å². The van der Waals surface area contributed by atoms with Crippen LogP contribution in [0.5, 0.6) is 0 Å². The number of rotatable bonds is 6. The summed E-state index contributed by atoms with van der Waals surface area (Å²) in [7, 11) is 0. The van der Waals surface area contributed by atoms with Crippen LogP contribution in [0, 0.1) is 5.92 Å². The number of halogens is 1. The van der Waals surface area contributed by atoms with Crippen molar-refractivity contribution < 1.29 is 33.4 Å². The van der Waals surface area contributed by atoms with E-state index in [2.05, 4.69) is 20.6 Å². The molecule has 4 heterocycles. The van der Waals surface area contributed by atoms with Crippen LogP contribution in [0.2, 0.25) is 5.02 Å². The number of pyridine rings is 2. The highest BCUT2D eigenvalue weighted by atomic mass is 35.5. The van der Waals surface area contributed by atoms with Gasteiger partial charge in [0.25, 0.3) is 5.91 Å². The lowest BCUT2D eigenvalue weighted by Gasteiger charge is -2.38. The Balaban J connectivity index is 1.44. The first-order valence-corrected chi connectivity index (χ1v) is 14.4. The third-order valence-corrected chi connectivity index (χ3v) is 7.79. The first kappa shape index (κ1) is 30.2. The van der Waals surface area contributed by atoms with E-state index in [0.29, 0.717) is 43.9 Å². The van der Waals surface area contributed by atoms with Gasteiger partial charge in [-0.15, -0.1) is 0 Å². The van der Waals surface area contributed by atoms with Crippen LogP contribution in [0.3, 0.4) is 0 Å². The second-order valence-electron chi connectivity index (χ2n) is 11.6. The molecule has 3 aromatic heterocycles. The van der Waals surface area contributed by atoms with Crippen LogP contribution in [0.1, 0.15) is 57.0 Å². The normalized spacial score (nSPS) is 19.3. The summed E-state index contributed by atoms with van der Waals surface area (Å²) in [4.78, 5) is 62.9. The molecule has 1 saturated heterocycles. The molecule has 0 aromatic carbocycles. The van der Waals surface area contributed by atoms with E-state index >= 15 is 0 Å². The zero-order valence-electron chi connectivity index (χ0n) is 24.1. The summed E-state index contributed by atoms with van der Waals surface area (Å²) in [5, 5.41) is 15.8. The Bertz CT molecular complexity index is 1540. The number of anilines is 3. The maximum absolute atomic E-state index is 13.6. The molecule has 13 nitrogen and oxygen atoms in total. The number of fused-ring (bicyclic) bond motifs is 1. The van der Waals surface area contributed by atoms with Crippen molar-refractivity contribution in [1.82, 2.24) is 14.9 Å². The topological polar surface area (TPSA) is 167 Å². The maximum Gasteiger partial charge on any atom is 0.413 e. The van der Waals surface area contributed by atoms with Gasteiger partial charge in [0.2, 0.25) is 17.6 Å². The van der Waals surface area contributed by atoms with Crippen LogP contribution in [-0.2, 0) is 14.3 Å². The fourth-order valence-corrected chi connectivity index (χ4v) is 5.62. The zero-order chi connectivity index (χ0) is 30.9. The monoisotopic (exact) mass is 612 g/mol.